The zero-order valence-electron chi connectivity index (χ0n) is 25.0. The number of aliphatic hydroxyl groups excluding tert-OH is 2. The molecule has 0 aromatic carbocycles. The molecule has 3 aliphatic rings. The number of hydrogen-bond donors (Lipinski definition) is 4. The van der Waals surface area contributed by atoms with Crippen LogP contribution in [-0.4, -0.2) is 56.2 Å². The van der Waals surface area contributed by atoms with E-state index in [2.05, 4.69) is 18.9 Å². The zero-order chi connectivity index (χ0) is 31.8. The van der Waals surface area contributed by atoms with E-state index in [4.69, 9.17) is 0 Å². The molecule has 3 saturated carbocycles. The summed E-state index contributed by atoms with van der Waals surface area (Å²) in [6.45, 7) is 7.34. The number of rotatable bonds is 7. The topological polar surface area (TPSA) is 80.9 Å². The molecule has 4 nitrogen and oxygen atoms in total. The van der Waals surface area contributed by atoms with Crippen LogP contribution in [0.25, 0.3) is 0 Å². The summed E-state index contributed by atoms with van der Waals surface area (Å²) in [5.74, 6) is 3.42. The van der Waals surface area contributed by atoms with E-state index in [-0.39, 0.29) is 23.7 Å². The maximum Gasteiger partial charge on any atom is 0.438 e. The van der Waals surface area contributed by atoms with Crippen molar-refractivity contribution in [2.75, 3.05) is 0 Å². The summed E-state index contributed by atoms with van der Waals surface area (Å²) in [6, 6.07) is 0. The van der Waals surface area contributed by atoms with Crippen molar-refractivity contribution in [3.8, 4) is 11.8 Å². The summed E-state index contributed by atoms with van der Waals surface area (Å²) in [5.41, 5.74) is -4.88. The van der Waals surface area contributed by atoms with Gasteiger partial charge in [-0.1, -0.05) is 49.5 Å². The molecule has 0 aliphatic heterocycles. The molecule has 6 atom stereocenters. The molecular formula is C32H46F6O4. The first kappa shape index (κ1) is 34.9. The van der Waals surface area contributed by atoms with Gasteiger partial charge in [-0.05, 0) is 107 Å². The highest BCUT2D eigenvalue weighted by molar-refractivity contribution is 5.27. The summed E-state index contributed by atoms with van der Waals surface area (Å²) in [4.78, 5) is 0. The van der Waals surface area contributed by atoms with E-state index in [1.54, 1.807) is 13.8 Å². The maximum atomic E-state index is 13.3. The van der Waals surface area contributed by atoms with Crippen molar-refractivity contribution < 1.29 is 46.8 Å². The first-order valence-corrected chi connectivity index (χ1v) is 14.9. The second kappa shape index (κ2) is 12.5. The van der Waals surface area contributed by atoms with Gasteiger partial charge >= 0.3 is 18.0 Å². The van der Waals surface area contributed by atoms with Crippen LogP contribution in [0.15, 0.2) is 23.3 Å². The van der Waals surface area contributed by atoms with Crippen LogP contribution < -0.4 is 0 Å². The fourth-order valence-electron chi connectivity index (χ4n) is 7.90. The lowest BCUT2D eigenvalue weighted by Crippen LogP contribution is -2.55. The monoisotopic (exact) mass is 608 g/mol. The Morgan fingerprint density at radius 2 is 1.50 bits per heavy atom. The first-order valence-electron chi connectivity index (χ1n) is 14.9. The van der Waals surface area contributed by atoms with Gasteiger partial charge < -0.3 is 20.4 Å². The number of halogens is 6. The summed E-state index contributed by atoms with van der Waals surface area (Å²) in [6.07, 6.45) is -2.41. The van der Waals surface area contributed by atoms with Crippen molar-refractivity contribution in [2.45, 2.75) is 141 Å². The Balaban J connectivity index is 1.93. The van der Waals surface area contributed by atoms with Crippen molar-refractivity contribution in [3.05, 3.63) is 23.3 Å². The highest BCUT2D eigenvalue weighted by atomic mass is 19.4. The van der Waals surface area contributed by atoms with Gasteiger partial charge in [0.25, 0.3) is 0 Å². The van der Waals surface area contributed by atoms with Crippen LogP contribution in [0.2, 0.25) is 0 Å². The quantitative estimate of drug-likeness (QED) is 0.183. The second-order valence-electron chi connectivity index (χ2n) is 14.1. The number of allylic oxidation sites excluding steroid dienone is 3. The van der Waals surface area contributed by atoms with Crippen molar-refractivity contribution in [3.63, 3.8) is 0 Å². The third-order valence-electron chi connectivity index (χ3n) is 10.00. The fourth-order valence-corrected chi connectivity index (χ4v) is 7.90. The van der Waals surface area contributed by atoms with Crippen LogP contribution in [0, 0.1) is 34.5 Å². The van der Waals surface area contributed by atoms with Gasteiger partial charge in [0.2, 0.25) is 0 Å². The molecule has 4 N–H and O–H groups in total. The summed E-state index contributed by atoms with van der Waals surface area (Å²) >= 11 is 0. The van der Waals surface area contributed by atoms with Crippen molar-refractivity contribution in [1.29, 1.82) is 0 Å². The Morgan fingerprint density at radius 3 is 2.05 bits per heavy atom. The molecule has 0 aromatic heterocycles. The van der Waals surface area contributed by atoms with Crippen molar-refractivity contribution in [2.24, 2.45) is 22.7 Å². The van der Waals surface area contributed by atoms with Crippen LogP contribution in [0.1, 0.15) is 105 Å². The normalized spacial score (nSPS) is 32.8. The lowest BCUT2D eigenvalue weighted by molar-refractivity contribution is -0.343. The van der Waals surface area contributed by atoms with Crippen molar-refractivity contribution in [1.82, 2.24) is 0 Å². The van der Waals surface area contributed by atoms with Crippen LogP contribution in [0.5, 0.6) is 0 Å². The SMILES string of the molecule is CC(C)(O)CCC[C@](C)(CC#CC(O)(C(F)(F)F)C(F)(F)F)[C@H]1CCC2/C(=C/C=C3/CC(O)C[C@H](O)C3)CCC[C@@]21C. The number of fused-ring (bicyclic) bond motifs is 1. The number of aliphatic hydroxyl groups is 4. The molecule has 2 unspecified atom stereocenters. The second-order valence-corrected chi connectivity index (χ2v) is 14.1. The molecule has 0 spiro atoms. The Hall–Kier alpha value is -1.54. The predicted octanol–water partition coefficient (Wildman–Crippen LogP) is 7.16. The highest BCUT2D eigenvalue weighted by Gasteiger charge is 2.70. The molecule has 0 amide bonds. The molecule has 0 radical (unpaired) electrons. The van der Waals surface area contributed by atoms with Crippen LogP contribution in [-0.2, 0) is 0 Å². The van der Waals surface area contributed by atoms with Gasteiger partial charge in [-0.2, -0.15) is 26.3 Å². The lowest BCUT2D eigenvalue weighted by atomic mass is 9.55. The third kappa shape index (κ3) is 7.75. The lowest BCUT2D eigenvalue weighted by Gasteiger charge is -2.49. The van der Waals surface area contributed by atoms with Crippen molar-refractivity contribution >= 4 is 0 Å². The Morgan fingerprint density at radius 1 is 0.905 bits per heavy atom. The van der Waals surface area contributed by atoms with Crippen LogP contribution in [0.3, 0.4) is 0 Å². The molecule has 10 heteroatoms. The van der Waals surface area contributed by atoms with Crippen LogP contribution in [0.4, 0.5) is 26.3 Å². The van der Waals surface area contributed by atoms with E-state index in [1.807, 2.05) is 13.0 Å². The van der Waals surface area contributed by atoms with Gasteiger partial charge in [0.1, 0.15) is 0 Å². The Bertz CT molecular complexity index is 1050. The van der Waals surface area contributed by atoms with E-state index in [0.717, 1.165) is 37.7 Å². The average Bonchev–Trinajstić information content (AvgIpc) is 3.18. The summed E-state index contributed by atoms with van der Waals surface area (Å²) in [7, 11) is 0. The molecule has 0 aromatic rings. The molecular weight excluding hydrogens is 562 g/mol. The average molecular weight is 609 g/mol. The molecule has 0 bridgehead atoms. The largest absolute Gasteiger partial charge is 0.438 e. The van der Waals surface area contributed by atoms with E-state index in [9.17, 15) is 46.8 Å². The van der Waals surface area contributed by atoms with E-state index < -0.39 is 41.2 Å². The molecule has 3 aliphatic carbocycles. The first-order chi connectivity index (χ1) is 19.1. The molecule has 3 fully saturated rings. The molecule has 0 saturated heterocycles. The molecule has 3 rings (SSSR count). The van der Waals surface area contributed by atoms with Gasteiger partial charge in [-0.25, -0.2) is 0 Å². The predicted molar refractivity (Wildman–Crippen MR) is 148 cm³/mol. The Kier molecular flexibility index (Phi) is 10.4. The minimum Gasteiger partial charge on any atom is -0.393 e. The van der Waals surface area contributed by atoms with Gasteiger partial charge in [-0.3, -0.25) is 0 Å². The Labute approximate surface area is 245 Å². The minimum absolute atomic E-state index is 0.0503. The molecule has 42 heavy (non-hydrogen) atoms. The third-order valence-corrected chi connectivity index (χ3v) is 10.00. The van der Waals surface area contributed by atoms with E-state index in [1.165, 1.54) is 11.5 Å². The van der Waals surface area contributed by atoms with Gasteiger partial charge in [-0.15, -0.1) is 0 Å². The number of alkyl halides is 6. The van der Waals surface area contributed by atoms with Gasteiger partial charge in [0, 0.05) is 6.42 Å². The maximum absolute atomic E-state index is 13.3. The number of hydrogen-bond acceptors (Lipinski definition) is 4. The van der Waals surface area contributed by atoms with Gasteiger partial charge in [0.05, 0.1) is 17.8 Å². The summed E-state index contributed by atoms with van der Waals surface area (Å²) < 4.78 is 79.7. The van der Waals surface area contributed by atoms with Gasteiger partial charge in [0.15, 0.2) is 0 Å². The van der Waals surface area contributed by atoms with E-state index >= 15 is 0 Å². The molecule has 0 heterocycles. The smallest absolute Gasteiger partial charge is 0.393 e. The highest BCUT2D eigenvalue weighted by Crippen LogP contribution is 2.63. The van der Waals surface area contributed by atoms with Crippen LogP contribution >= 0.6 is 0 Å². The minimum atomic E-state index is -6.00. The summed E-state index contributed by atoms with van der Waals surface area (Å²) in [5, 5.41) is 39.9. The fraction of sp³-hybridized carbons (Fsp3) is 0.812. The molecule has 240 valence electrons. The van der Waals surface area contributed by atoms with E-state index in [0.29, 0.717) is 38.5 Å². The zero-order valence-corrected chi connectivity index (χ0v) is 25.0. The standard InChI is InChI=1S/C32H46F6O4/c1-27(2,41)13-6-14-28(3,15-7-17-30(42,31(33,34)35)32(36,37)38)26-12-11-25-22(8-5-16-29(25,26)4)10-9-21-18-23(39)20-24(40)19-21/h9-10,23-26,39-42H,5-6,8,11-16,18-20H2,1-4H3/b21-9-,22-10+/t23?,24-,25?,26-,28-,29+/m1/s1.